The Labute approximate surface area is 324 Å². The van der Waals surface area contributed by atoms with Crippen LogP contribution in [-0.4, -0.2) is 152 Å². The zero-order valence-corrected chi connectivity index (χ0v) is 36.9. The monoisotopic (exact) mass is 796 g/mol. The number of ether oxygens (including phenoxy) is 4. The average molecular weight is 796 g/mol. The summed E-state index contributed by atoms with van der Waals surface area (Å²) in [5.41, 5.74) is 5.78. The quantitative estimate of drug-likeness (QED) is 0.284. The molecule has 0 bridgehead atoms. The van der Waals surface area contributed by atoms with Crippen molar-refractivity contribution in [1.82, 2.24) is 0 Å². The van der Waals surface area contributed by atoms with E-state index in [1.54, 1.807) is 0 Å². The van der Waals surface area contributed by atoms with Crippen LogP contribution in [0.4, 0.5) is 11.4 Å². The number of quaternary nitrogens is 1. The van der Waals surface area contributed by atoms with Crippen LogP contribution in [-0.2, 0) is 18.9 Å². The van der Waals surface area contributed by atoms with Gasteiger partial charge < -0.3 is 33.8 Å². The first-order valence-electron chi connectivity index (χ1n) is 17.0. The maximum Gasteiger partial charge on any atom is 2.00 e. The van der Waals surface area contributed by atoms with Crippen molar-refractivity contribution < 1.29 is 28.8 Å². The van der Waals surface area contributed by atoms with E-state index in [4.69, 9.17) is 24.3 Å². The van der Waals surface area contributed by atoms with Crippen LogP contribution in [0.1, 0.15) is 56.2 Å². The van der Waals surface area contributed by atoms with Crippen LogP contribution in [0.3, 0.4) is 0 Å². The Morgan fingerprint density at radius 1 is 0.717 bits per heavy atom. The summed E-state index contributed by atoms with van der Waals surface area (Å²) < 4.78 is 27.1. The van der Waals surface area contributed by atoms with Gasteiger partial charge in [-0.25, -0.2) is 4.99 Å². The molecule has 8 nitrogen and oxygen atoms in total. The Hall–Kier alpha value is -0.325. The number of rotatable bonds is 10. The molecule has 254 valence electrons. The predicted octanol–water partition coefficient (Wildman–Crippen LogP) is 3.68. The van der Waals surface area contributed by atoms with Crippen molar-refractivity contribution in [3.63, 3.8) is 0 Å². The maximum absolute atomic E-state index is 5.77. The molecule has 2 N–H and O–H groups in total. The molecule has 0 saturated carbocycles. The molecule has 0 amide bonds. The molecule has 0 radical (unpaired) electrons. The first-order valence-corrected chi connectivity index (χ1v) is 22.7. The van der Waals surface area contributed by atoms with Crippen LogP contribution in [0.25, 0.3) is 9.96 Å². The Morgan fingerprint density at radius 3 is 1.65 bits per heavy atom. The first kappa shape index (κ1) is 43.7. The van der Waals surface area contributed by atoms with E-state index in [1.165, 1.54) is 16.0 Å². The van der Waals surface area contributed by atoms with E-state index in [1.807, 2.05) is 0 Å². The molecule has 1 fully saturated rings. The van der Waals surface area contributed by atoms with E-state index in [0.717, 1.165) is 43.1 Å². The summed E-state index contributed by atoms with van der Waals surface area (Å²) in [6.45, 7) is 26.8. The van der Waals surface area contributed by atoms with Gasteiger partial charge >= 0.3 is 48.9 Å². The van der Waals surface area contributed by atoms with Gasteiger partial charge in [-0.3, -0.25) is 0 Å². The first-order chi connectivity index (χ1) is 21.7. The van der Waals surface area contributed by atoms with Crippen molar-refractivity contribution in [3.05, 3.63) is 69.1 Å². The van der Waals surface area contributed by atoms with E-state index < -0.39 is 17.9 Å². The van der Waals surface area contributed by atoms with Crippen molar-refractivity contribution in [1.29, 1.82) is 0 Å². The Morgan fingerprint density at radius 2 is 1.20 bits per heavy atom. The second-order valence-corrected chi connectivity index (χ2v) is 18.2. The van der Waals surface area contributed by atoms with E-state index in [9.17, 15) is 0 Å². The third kappa shape index (κ3) is 19.0. The summed E-state index contributed by atoms with van der Waals surface area (Å²) in [5.74, 6) is 0.826. The second-order valence-electron chi connectivity index (χ2n) is 12.6. The minimum Gasteiger partial charge on any atom is -0.672 e. The molecule has 0 atom stereocenters. The Bertz CT molecular complexity index is 1040. The molecule has 11 heteroatoms. The second kappa shape index (κ2) is 26.5. The van der Waals surface area contributed by atoms with Crippen molar-refractivity contribution >= 4 is 84.4 Å². The van der Waals surface area contributed by atoms with Gasteiger partial charge in [0.15, 0.2) is 12.8 Å². The van der Waals surface area contributed by atoms with E-state index >= 15 is 0 Å². The normalized spacial score (nSPS) is 16.2. The number of hydrogen-bond acceptors (Lipinski definition) is 4. The van der Waals surface area contributed by atoms with Gasteiger partial charge in [-0.15, -0.1) is 11.4 Å². The van der Waals surface area contributed by atoms with E-state index in [0.29, 0.717) is 64.7 Å². The molecule has 1 aliphatic rings. The Balaban J connectivity index is 0.00000119. The number of hydrogen-bond donors (Lipinski definition) is 2. The van der Waals surface area contributed by atoms with Crippen molar-refractivity contribution in [3.8, 4) is 0 Å². The van der Waals surface area contributed by atoms with Gasteiger partial charge in [0.05, 0.1) is 52.9 Å². The molecule has 1 heterocycles. The average Bonchev–Trinajstić information content (AvgIpc) is 3.00. The summed E-state index contributed by atoms with van der Waals surface area (Å²) in [5, 5.41) is 5.20. The third-order valence-corrected chi connectivity index (χ3v) is 12.1. The molecule has 1 saturated heterocycles. The molecule has 2 aromatic rings. The van der Waals surface area contributed by atoms with Crippen molar-refractivity contribution in [2.24, 2.45) is 0 Å². The largest absolute Gasteiger partial charge is 2.00 e. The maximum atomic E-state index is 5.77. The fourth-order valence-corrected chi connectivity index (χ4v) is 9.84. The third-order valence-electron chi connectivity index (χ3n) is 7.30. The SMILES string of the molecule is CC(C)c1cccc(C(C)C)c1[N-]c1ccccc1C=[NH+]CC[NH+]1CCOCCOCCOCCOCC1.C[SiH](C)[N-][SiH](C)C.[Ba+2]. The number of benzene rings is 2. The van der Waals surface area contributed by atoms with Crippen LogP contribution in [0, 0.1) is 0 Å². The van der Waals surface area contributed by atoms with Gasteiger partial charge in [0, 0.05) is 5.56 Å². The molecular weight excluding hydrogens is 734 g/mol. The van der Waals surface area contributed by atoms with Crippen molar-refractivity contribution in [2.75, 3.05) is 79.0 Å². The molecule has 2 aromatic carbocycles. The van der Waals surface area contributed by atoms with E-state index in [-0.39, 0.29) is 48.9 Å². The fraction of sp³-hybridized carbons (Fsp3) is 0.629. The summed E-state index contributed by atoms with van der Waals surface area (Å²) in [4.78, 5) is 4.99. The van der Waals surface area contributed by atoms with Crippen LogP contribution >= 0.6 is 0 Å². The fourth-order valence-electron chi connectivity index (χ4n) is 5.07. The smallest absolute Gasteiger partial charge is 0.672 e. The summed E-state index contributed by atoms with van der Waals surface area (Å²) >= 11 is 0. The van der Waals surface area contributed by atoms with Gasteiger partial charge in [-0.2, -0.15) is 0 Å². The zero-order chi connectivity index (χ0) is 32.9. The molecule has 0 spiro atoms. The van der Waals surface area contributed by atoms with Crippen LogP contribution in [0.2, 0.25) is 26.2 Å². The van der Waals surface area contributed by atoms with E-state index in [2.05, 4.69) is 112 Å². The topological polar surface area (TPSA) is 83.5 Å². The number of para-hydroxylation sites is 2. The van der Waals surface area contributed by atoms with Crippen LogP contribution in [0.15, 0.2) is 42.5 Å². The summed E-state index contributed by atoms with van der Waals surface area (Å²) in [6, 6.07) is 14.9. The molecular formula is C35H62BaN4O4Si2+2. The molecule has 3 rings (SSSR count). The van der Waals surface area contributed by atoms with Gasteiger partial charge in [-0.1, -0.05) is 125 Å². The minimum atomic E-state index is -0.542. The predicted molar refractivity (Wildman–Crippen MR) is 200 cm³/mol. The molecule has 0 unspecified atom stereocenters. The minimum absolute atomic E-state index is 0. The van der Waals surface area contributed by atoms with Crippen molar-refractivity contribution in [2.45, 2.75) is 65.7 Å². The summed E-state index contributed by atoms with van der Waals surface area (Å²) in [7, 11) is -1.08. The molecule has 0 aromatic heterocycles. The zero-order valence-electron chi connectivity index (χ0n) is 30.1. The van der Waals surface area contributed by atoms with Gasteiger partial charge in [0.2, 0.25) is 0 Å². The van der Waals surface area contributed by atoms with Crippen LogP contribution < -0.4 is 9.89 Å². The number of nitrogens with zero attached hydrogens (tertiary/aromatic N) is 2. The molecule has 46 heavy (non-hydrogen) atoms. The van der Waals surface area contributed by atoms with Gasteiger partial charge in [-0.05, 0) is 11.8 Å². The standard InChI is InChI=1S/C31H46N3O4.C4H14NSi2.Ba/c1-25(2)28-9-7-10-29(26(3)4)31(28)33-30-11-6-5-8-27(30)24-32-12-13-34-14-16-35-18-20-37-22-23-38-21-19-36-17-15-34;1-6(2)5-7(3)4;/h5-11,24-26H,12-23H2,1-4H3;6-7H,1-4H3;/q2*-1;+2/p+2. The van der Waals surface area contributed by atoms with Crippen LogP contribution in [0.5, 0.6) is 0 Å². The van der Waals surface area contributed by atoms with Gasteiger partial charge in [0.1, 0.15) is 19.6 Å². The Kier molecular flexibility index (Phi) is 25.2. The molecule has 0 aliphatic carbocycles. The van der Waals surface area contributed by atoms with Gasteiger partial charge in [0.25, 0.3) is 0 Å². The number of nitrogens with one attached hydrogen (secondary N) is 2. The summed E-state index contributed by atoms with van der Waals surface area (Å²) in [6.07, 6.45) is 2.10. The molecule has 1 aliphatic heterocycles.